The van der Waals surface area contributed by atoms with E-state index in [4.69, 9.17) is 9.52 Å². The highest BCUT2D eigenvalue weighted by molar-refractivity contribution is 6.01. The van der Waals surface area contributed by atoms with Crippen LogP contribution in [-0.4, -0.2) is 16.9 Å². The van der Waals surface area contributed by atoms with E-state index < -0.39 is 5.97 Å². The molecule has 0 bridgehead atoms. The molecule has 17 heavy (non-hydrogen) atoms. The van der Waals surface area contributed by atoms with Gasteiger partial charge >= 0.3 is 5.97 Å². The molecule has 2 aromatic rings. The lowest BCUT2D eigenvalue weighted by Gasteiger charge is -1.98. The van der Waals surface area contributed by atoms with Crippen LogP contribution in [-0.2, 0) is 11.2 Å². The average Bonchev–Trinajstić information content (AvgIpc) is 2.57. The van der Waals surface area contributed by atoms with Crippen molar-refractivity contribution in [1.82, 2.24) is 0 Å². The number of hydrogen-bond acceptors (Lipinski definition) is 3. The Morgan fingerprint density at radius 1 is 1.35 bits per heavy atom. The normalized spacial score (nSPS) is 10.7. The van der Waals surface area contributed by atoms with E-state index in [0.717, 1.165) is 10.9 Å². The van der Waals surface area contributed by atoms with E-state index in [0.29, 0.717) is 11.1 Å². The van der Waals surface area contributed by atoms with Gasteiger partial charge in [0.2, 0.25) is 0 Å². The first-order valence-corrected chi connectivity index (χ1v) is 5.24. The monoisotopic (exact) mass is 232 g/mol. The summed E-state index contributed by atoms with van der Waals surface area (Å²) in [5, 5.41) is 9.63. The Labute approximate surface area is 97.8 Å². The molecule has 1 aromatic carbocycles. The molecule has 1 heterocycles. The number of aliphatic carboxylic acids is 1. The smallest absolute Gasteiger partial charge is 0.307 e. The van der Waals surface area contributed by atoms with Gasteiger partial charge in [0.15, 0.2) is 11.5 Å². The second-order valence-corrected chi connectivity index (χ2v) is 3.98. The molecule has 1 N–H and O–H groups in total. The summed E-state index contributed by atoms with van der Waals surface area (Å²) in [5.74, 6) is -1.08. The molecule has 0 spiro atoms. The van der Waals surface area contributed by atoms with Crippen molar-refractivity contribution < 1.29 is 19.1 Å². The fraction of sp³-hybridized carbons (Fsp3) is 0.231. The minimum absolute atomic E-state index is 0.150. The number of carboxylic acids is 1. The van der Waals surface area contributed by atoms with Gasteiger partial charge in [-0.25, -0.2) is 0 Å². The van der Waals surface area contributed by atoms with Gasteiger partial charge < -0.3 is 9.52 Å². The highest BCUT2D eigenvalue weighted by Gasteiger charge is 2.20. The van der Waals surface area contributed by atoms with Crippen molar-refractivity contribution in [2.45, 2.75) is 20.3 Å². The van der Waals surface area contributed by atoms with E-state index in [1.165, 1.54) is 6.92 Å². The van der Waals surface area contributed by atoms with Crippen molar-refractivity contribution in [3.8, 4) is 0 Å². The number of ketones is 1. The number of carbonyl (C=O) groups excluding carboxylic acids is 1. The second kappa shape index (κ2) is 4.05. The summed E-state index contributed by atoms with van der Waals surface area (Å²) in [4.78, 5) is 22.3. The van der Waals surface area contributed by atoms with Crippen molar-refractivity contribution in [3.05, 3.63) is 35.1 Å². The largest absolute Gasteiger partial charge is 0.481 e. The van der Waals surface area contributed by atoms with Gasteiger partial charge in [-0.1, -0.05) is 12.1 Å². The van der Waals surface area contributed by atoms with E-state index in [1.807, 2.05) is 19.1 Å². The molecular weight excluding hydrogens is 220 g/mol. The predicted octanol–water partition coefficient (Wildman–Crippen LogP) is 2.57. The number of fused-ring (bicyclic) bond motifs is 1. The molecule has 2 rings (SSSR count). The maximum atomic E-state index is 11.4. The third kappa shape index (κ3) is 1.93. The van der Waals surface area contributed by atoms with Gasteiger partial charge in [0.25, 0.3) is 0 Å². The minimum atomic E-state index is -0.974. The highest BCUT2D eigenvalue weighted by Crippen LogP contribution is 2.29. The summed E-state index contributed by atoms with van der Waals surface area (Å²) in [6.07, 6.45) is -0.202. The topological polar surface area (TPSA) is 67.5 Å². The molecule has 88 valence electrons. The zero-order valence-corrected chi connectivity index (χ0v) is 9.61. The lowest BCUT2D eigenvalue weighted by atomic mass is 10.0. The molecule has 1 aromatic heterocycles. The second-order valence-electron chi connectivity index (χ2n) is 3.98. The van der Waals surface area contributed by atoms with Gasteiger partial charge in [-0.2, -0.15) is 0 Å². The molecule has 0 amide bonds. The van der Waals surface area contributed by atoms with Crippen molar-refractivity contribution in [1.29, 1.82) is 0 Å². The fourth-order valence-corrected chi connectivity index (χ4v) is 2.00. The molecule has 4 nitrogen and oxygen atoms in total. The Kier molecular flexibility index (Phi) is 2.71. The molecule has 0 saturated carbocycles. The van der Waals surface area contributed by atoms with Crippen LogP contribution in [0.15, 0.2) is 22.6 Å². The summed E-state index contributed by atoms with van der Waals surface area (Å²) in [7, 11) is 0. The number of carboxylic acid groups (broad SMARTS) is 1. The Hall–Kier alpha value is -2.10. The van der Waals surface area contributed by atoms with E-state index in [1.54, 1.807) is 6.07 Å². The number of rotatable bonds is 3. The maximum Gasteiger partial charge on any atom is 0.307 e. The number of aryl methyl sites for hydroxylation is 1. The third-order valence-electron chi connectivity index (χ3n) is 2.67. The lowest BCUT2D eigenvalue weighted by molar-refractivity contribution is -0.136. The van der Waals surface area contributed by atoms with E-state index in [-0.39, 0.29) is 18.0 Å². The van der Waals surface area contributed by atoms with Crippen LogP contribution >= 0.6 is 0 Å². The molecular formula is C13H12O4. The zero-order valence-electron chi connectivity index (χ0n) is 9.61. The van der Waals surface area contributed by atoms with E-state index in [9.17, 15) is 9.59 Å². The highest BCUT2D eigenvalue weighted by atomic mass is 16.4. The Bertz CT molecular complexity index is 607. The SMILES string of the molecule is CC(=O)c1oc2cccc(C)c2c1CC(=O)O. The van der Waals surface area contributed by atoms with Gasteiger partial charge in [0, 0.05) is 17.9 Å². The van der Waals surface area contributed by atoms with Gasteiger partial charge in [0.05, 0.1) is 6.42 Å². The maximum absolute atomic E-state index is 11.4. The molecule has 4 heteroatoms. The van der Waals surface area contributed by atoms with Crippen LogP contribution < -0.4 is 0 Å². The Morgan fingerprint density at radius 2 is 2.06 bits per heavy atom. The van der Waals surface area contributed by atoms with Crippen LogP contribution in [0, 0.1) is 6.92 Å². The van der Waals surface area contributed by atoms with E-state index in [2.05, 4.69) is 0 Å². The van der Waals surface area contributed by atoms with Crippen LogP contribution in [0.1, 0.15) is 28.6 Å². The molecule has 0 saturated heterocycles. The third-order valence-corrected chi connectivity index (χ3v) is 2.67. The lowest BCUT2D eigenvalue weighted by Crippen LogP contribution is -2.04. The Morgan fingerprint density at radius 3 is 2.65 bits per heavy atom. The first-order valence-electron chi connectivity index (χ1n) is 5.24. The van der Waals surface area contributed by atoms with Crippen LogP contribution in [0.3, 0.4) is 0 Å². The number of hydrogen-bond donors (Lipinski definition) is 1. The first-order chi connectivity index (χ1) is 8.00. The Balaban J connectivity index is 2.77. The van der Waals surface area contributed by atoms with Gasteiger partial charge in [-0.15, -0.1) is 0 Å². The molecule has 0 radical (unpaired) electrons. The van der Waals surface area contributed by atoms with Crippen molar-refractivity contribution >= 4 is 22.7 Å². The van der Waals surface area contributed by atoms with Crippen molar-refractivity contribution in [2.75, 3.05) is 0 Å². The molecule has 0 fully saturated rings. The summed E-state index contributed by atoms with van der Waals surface area (Å²) in [6.45, 7) is 3.24. The summed E-state index contributed by atoms with van der Waals surface area (Å²) < 4.78 is 5.43. The van der Waals surface area contributed by atoms with Gasteiger partial charge in [-0.05, 0) is 18.6 Å². The summed E-state index contributed by atoms with van der Waals surface area (Å²) in [5.41, 5.74) is 1.94. The average molecular weight is 232 g/mol. The molecule has 0 aliphatic rings. The number of furan rings is 1. The zero-order chi connectivity index (χ0) is 12.6. The van der Waals surface area contributed by atoms with Crippen LogP contribution in [0.2, 0.25) is 0 Å². The van der Waals surface area contributed by atoms with Crippen molar-refractivity contribution in [2.24, 2.45) is 0 Å². The number of carbonyl (C=O) groups is 2. The molecule has 0 aliphatic heterocycles. The first kappa shape index (κ1) is 11.4. The van der Waals surface area contributed by atoms with E-state index >= 15 is 0 Å². The van der Waals surface area contributed by atoms with Crippen molar-refractivity contribution in [3.63, 3.8) is 0 Å². The quantitative estimate of drug-likeness (QED) is 0.826. The standard InChI is InChI=1S/C13H12O4/c1-7-4-3-5-10-12(7)9(6-11(15)16)13(17-10)8(2)14/h3-5H,6H2,1-2H3,(H,15,16). The number of benzene rings is 1. The van der Waals surface area contributed by atoms with Crippen LogP contribution in [0.5, 0.6) is 0 Å². The minimum Gasteiger partial charge on any atom is -0.481 e. The van der Waals surface area contributed by atoms with Crippen LogP contribution in [0.4, 0.5) is 0 Å². The van der Waals surface area contributed by atoms with Gasteiger partial charge in [0.1, 0.15) is 5.58 Å². The molecule has 0 atom stereocenters. The molecule has 0 aliphatic carbocycles. The van der Waals surface area contributed by atoms with Crippen LogP contribution in [0.25, 0.3) is 11.0 Å². The summed E-state index contributed by atoms with van der Waals surface area (Å²) in [6, 6.07) is 5.42. The number of Topliss-reactive ketones (excluding diaryl/α,β-unsaturated/α-hetero) is 1. The fourth-order valence-electron chi connectivity index (χ4n) is 2.00. The molecule has 0 unspecified atom stereocenters. The summed E-state index contributed by atoms with van der Waals surface area (Å²) >= 11 is 0. The van der Waals surface area contributed by atoms with Gasteiger partial charge in [-0.3, -0.25) is 9.59 Å². The predicted molar refractivity (Wildman–Crippen MR) is 62.3 cm³/mol.